The fraction of sp³-hybridized carbons (Fsp3) is 0.368. The lowest BCUT2D eigenvalue weighted by Gasteiger charge is -2.17. The molecule has 0 aliphatic carbocycles. The van der Waals surface area contributed by atoms with Crippen molar-refractivity contribution in [3.63, 3.8) is 0 Å². The number of ether oxygens (including phenoxy) is 2. The topological polar surface area (TPSA) is 152 Å². The smallest absolute Gasteiger partial charge is 0.481 e. The molecule has 1 aliphatic rings. The van der Waals surface area contributed by atoms with Crippen LogP contribution in [0.4, 0.5) is 29.1 Å². The third kappa shape index (κ3) is 6.52. The van der Waals surface area contributed by atoms with Gasteiger partial charge in [0.2, 0.25) is 0 Å². The first kappa shape index (κ1) is 26.5. The van der Waals surface area contributed by atoms with Crippen molar-refractivity contribution < 1.29 is 47.1 Å². The average molecular weight is 524 g/mol. The van der Waals surface area contributed by atoms with Crippen LogP contribution in [0.25, 0.3) is 11.2 Å². The van der Waals surface area contributed by atoms with E-state index >= 15 is 0 Å². The second-order valence-corrected chi connectivity index (χ2v) is 7.52. The number of imidazole rings is 1. The zero-order valence-electron chi connectivity index (χ0n) is 17.6. The van der Waals surface area contributed by atoms with Crippen molar-refractivity contribution in [1.82, 2.24) is 19.5 Å². The van der Waals surface area contributed by atoms with Gasteiger partial charge in [-0.15, -0.1) is 13.2 Å². The second-order valence-electron chi connectivity index (χ2n) is 7.12. The molecule has 0 amide bonds. The standard InChI is InChI=1S/C17H14ClF4N5O4.C2H4O2/c18-8-3-7(19)1-2-9(8)26-14-11-15(24-5-23-14)27(6-25-11)16-13(29)12(28)10(31-16)4-30-17(20,21)22;1-2(3)4/h1-3,5-6,10,12-13,16,28-29H,4H2,(H,23,24,26);1H3,(H,3,4)/t10-,12-,13-,16-;/m1./s1. The number of aliphatic carboxylic acids is 1. The number of aliphatic hydroxyl groups excluding tert-OH is 2. The normalized spacial score (nSPS) is 22.1. The van der Waals surface area contributed by atoms with E-state index in [-0.39, 0.29) is 22.0 Å². The summed E-state index contributed by atoms with van der Waals surface area (Å²) in [4.78, 5) is 21.3. The van der Waals surface area contributed by atoms with Gasteiger partial charge in [0.15, 0.2) is 23.2 Å². The Morgan fingerprint density at radius 1 is 1.26 bits per heavy atom. The zero-order chi connectivity index (χ0) is 25.9. The maximum atomic E-state index is 13.3. The number of rotatable bonds is 5. The molecule has 1 saturated heterocycles. The summed E-state index contributed by atoms with van der Waals surface area (Å²) in [6.45, 7) is 0.0791. The third-order valence-corrected chi connectivity index (χ3v) is 4.88. The lowest BCUT2D eigenvalue weighted by molar-refractivity contribution is -0.333. The van der Waals surface area contributed by atoms with Crippen LogP contribution >= 0.6 is 11.6 Å². The van der Waals surface area contributed by atoms with Crippen molar-refractivity contribution in [3.05, 3.63) is 41.7 Å². The number of anilines is 2. The van der Waals surface area contributed by atoms with Crippen molar-refractivity contribution in [1.29, 1.82) is 0 Å². The largest absolute Gasteiger partial charge is 0.522 e. The van der Waals surface area contributed by atoms with Gasteiger partial charge in [0.25, 0.3) is 5.97 Å². The van der Waals surface area contributed by atoms with Gasteiger partial charge in [-0.25, -0.2) is 19.3 Å². The Balaban J connectivity index is 0.000000795. The number of nitrogens with one attached hydrogen (secondary N) is 1. The lowest BCUT2D eigenvalue weighted by Crippen LogP contribution is -2.35. The first-order valence-electron chi connectivity index (χ1n) is 9.68. The number of halogens is 5. The minimum Gasteiger partial charge on any atom is -0.481 e. The minimum absolute atomic E-state index is 0.0939. The van der Waals surface area contributed by atoms with E-state index < -0.39 is 49.3 Å². The summed E-state index contributed by atoms with van der Waals surface area (Å²) in [5, 5.41) is 30.7. The molecule has 3 aromatic rings. The second kappa shape index (κ2) is 10.7. The van der Waals surface area contributed by atoms with E-state index in [2.05, 4.69) is 25.0 Å². The number of carboxylic acids is 1. The molecule has 4 rings (SSSR count). The summed E-state index contributed by atoms with van der Waals surface area (Å²) in [6, 6.07) is 3.70. The fourth-order valence-electron chi connectivity index (χ4n) is 3.12. The van der Waals surface area contributed by atoms with Crippen LogP contribution in [-0.2, 0) is 14.3 Å². The molecule has 4 N–H and O–H groups in total. The van der Waals surface area contributed by atoms with Crippen LogP contribution in [0.3, 0.4) is 0 Å². The van der Waals surface area contributed by atoms with Gasteiger partial charge in [0.05, 0.1) is 23.6 Å². The lowest BCUT2D eigenvalue weighted by atomic mass is 10.1. The molecule has 1 fully saturated rings. The van der Waals surface area contributed by atoms with E-state index in [0.717, 1.165) is 13.0 Å². The quantitative estimate of drug-likeness (QED) is 0.367. The number of carboxylic acid groups (broad SMARTS) is 1. The van der Waals surface area contributed by atoms with Gasteiger partial charge < -0.3 is 25.4 Å². The Morgan fingerprint density at radius 2 is 1.94 bits per heavy atom. The van der Waals surface area contributed by atoms with Crippen LogP contribution in [0.15, 0.2) is 30.9 Å². The molecule has 0 spiro atoms. The Kier molecular flexibility index (Phi) is 8.07. The van der Waals surface area contributed by atoms with Crippen LogP contribution < -0.4 is 5.32 Å². The molecule has 0 unspecified atom stereocenters. The van der Waals surface area contributed by atoms with Crippen LogP contribution in [0, 0.1) is 5.82 Å². The van der Waals surface area contributed by atoms with E-state index in [0.29, 0.717) is 5.69 Å². The molecule has 0 bridgehead atoms. The Bertz CT molecular complexity index is 1190. The van der Waals surface area contributed by atoms with Gasteiger partial charge in [-0.3, -0.25) is 14.1 Å². The van der Waals surface area contributed by atoms with Crippen molar-refractivity contribution in [2.45, 2.75) is 37.8 Å². The summed E-state index contributed by atoms with van der Waals surface area (Å²) in [5.41, 5.74) is 0.710. The van der Waals surface area contributed by atoms with Gasteiger partial charge in [-0.05, 0) is 18.2 Å². The molecule has 4 atom stereocenters. The number of hydrogen-bond donors (Lipinski definition) is 4. The van der Waals surface area contributed by atoms with Gasteiger partial charge in [-0.2, -0.15) is 0 Å². The highest BCUT2D eigenvalue weighted by molar-refractivity contribution is 6.33. The number of fused-ring (bicyclic) bond motifs is 1. The van der Waals surface area contributed by atoms with Gasteiger partial charge in [0.1, 0.15) is 30.5 Å². The monoisotopic (exact) mass is 523 g/mol. The van der Waals surface area contributed by atoms with E-state index in [9.17, 15) is 27.8 Å². The first-order valence-corrected chi connectivity index (χ1v) is 10.1. The van der Waals surface area contributed by atoms with Gasteiger partial charge in [-0.1, -0.05) is 11.6 Å². The highest BCUT2D eigenvalue weighted by atomic mass is 35.5. The van der Waals surface area contributed by atoms with Gasteiger partial charge in [0, 0.05) is 6.92 Å². The van der Waals surface area contributed by atoms with Crippen LogP contribution in [-0.4, -0.2) is 72.1 Å². The summed E-state index contributed by atoms with van der Waals surface area (Å²) in [6.07, 6.45) is -8.44. The Hall–Kier alpha value is -3.11. The molecule has 11 nitrogen and oxygen atoms in total. The zero-order valence-corrected chi connectivity index (χ0v) is 18.4. The molecule has 3 heterocycles. The molecule has 35 heavy (non-hydrogen) atoms. The Labute approximate surface area is 198 Å². The predicted molar refractivity (Wildman–Crippen MR) is 111 cm³/mol. The molecular weight excluding hydrogens is 506 g/mol. The van der Waals surface area contributed by atoms with Crippen molar-refractivity contribution in [2.24, 2.45) is 0 Å². The molecule has 1 aromatic carbocycles. The molecule has 2 aromatic heterocycles. The molecule has 190 valence electrons. The minimum atomic E-state index is -4.91. The number of aromatic nitrogens is 4. The molecular formula is C19H18ClF4N5O6. The number of nitrogens with zero attached hydrogens (tertiary/aromatic N) is 4. The van der Waals surface area contributed by atoms with Crippen LogP contribution in [0.5, 0.6) is 0 Å². The number of aliphatic hydroxyl groups is 2. The van der Waals surface area contributed by atoms with E-state index in [1.165, 1.54) is 29.4 Å². The number of alkyl halides is 3. The summed E-state index contributed by atoms with van der Waals surface area (Å²) >= 11 is 6.01. The average Bonchev–Trinajstić information content (AvgIpc) is 3.30. The molecule has 0 radical (unpaired) electrons. The SMILES string of the molecule is CC(=O)O.O[C@@H]1[C@H](O)[C@@H](COC(F)(F)F)O[C@H]1n1cnc2c(Nc3ccc(F)cc3Cl)ncnc21. The van der Waals surface area contributed by atoms with Crippen molar-refractivity contribution in [3.8, 4) is 0 Å². The first-order chi connectivity index (χ1) is 16.4. The molecule has 1 aliphatic heterocycles. The number of benzene rings is 1. The number of carbonyl (C=O) groups is 1. The van der Waals surface area contributed by atoms with E-state index in [1.54, 1.807) is 0 Å². The highest BCUT2D eigenvalue weighted by Crippen LogP contribution is 2.34. The highest BCUT2D eigenvalue weighted by Gasteiger charge is 2.46. The number of hydrogen-bond acceptors (Lipinski definition) is 9. The van der Waals surface area contributed by atoms with E-state index in [1.807, 2.05) is 0 Å². The predicted octanol–water partition coefficient (Wildman–Crippen LogP) is 2.61. The van der Waals surface area contributed by atoms with Gasteiger partial charge >= 0.3 is 6.36 Å². The molecule has 0 saturated carbocycles. The van der Waals surface area contributed by atoms with Crippen molar-refractivity contribution in [2.75, 3.05) is 11.9 Å². The van der Waals surface area contributed by atoms with E-state index in [4.69, 9.17) is 26.2 Å². The molecule has 16 heteroatoms. The summed E-state index contributed by atoms with van der Waals surface area (Å²) in [7, 11) is 0. The van der Waals surface area contributed by atoms with Crippen molar-refractivity contribution >= 4 is 40.2 Å². The third-order valence-electron chi connectivity index (χ3n) is 4.57. The maximum Gasteiger partial charge on any atom is 0.522 e. The Morgan fingerprint density at radius 3 is 2.57 bits per heavy atom. The van der Waals surface area contributed by atoms with Crippen LogP contribution in [0.2, 0.25) is 5.02 Å². The fourth-order valence-corrected chi connectivity index (χ4v) is 3.34. The maximum absolute atomic E-state index is 13.3. The van der Waals surface area contributed by atoms with Crippen LogP contribution in [0.1, 0.15) is 13.2 Å². The summed E-state index contributed by atoms with van der Waals surface area (Å²) in [5.74, 6) is -1.16. The summed E-state index contributed by atoms with van der Waals surface area (Å²) < 4.78 is 60.5.